The van der Waals surface area contributed by atoms with Crippen molar-refractivity contribution >= 4 is 6.29 Å². The molecule has 1 saturated carbocycles. The lowest BCUT2D eigenvalue weighted by molar-refractivity contribution is -0.107. The Balaban J connectivity index is 2.47. The fourth-order valence-electron chi connectivity index (χ4n) is 4.05. The molecule has 1 fully saturated rings. The maximum absolute atomic E-state index is 10.9. The number of fused-ring (bicyclic) bond motifs is 1. The summed E-state index contributed by atoms with van der Waals surface area (Å²) >= 11 is 0. The summed E-state index contributed by atoms with van der Waals surface area (Å²) in [5.74, 6) is 0. The minimum atomic E-state index is 0.158. The van der Waals surface area contributed by atoms with Gasteiger partial charge in [-0.05, 0) is 31.6 Å². The summed E-state index contributed by atoms with van der Waals surface area (Å²) in [6.07, 6.45) is 8.94. The van der Waals surface area contributed by atoms with E-state index < -0.39 is 0 Å². The summed E-state index contributed by atoms with van der Waals surface area (Å²) in [5.41, 5.74) is 4.87. The molecule has 0 spiro atoms. The van der Waals surface area contributed by atoms with Gasteiger partial charge in [-0.25, -0.2) is 0 Å². The highest BCUT2D eigenvalue weighted by atomic mass is 16.1. The van der Waals surface area contributed by atoms with Crippen LogP contribution in [0.15, 0.2) is 22.8 Å². The molecule has 0 amide bonds. The Morgan fingerprint density at radius 1 is 1.29 bits per heavy atom. The van der Waals surface area contributed by atoms with Crippen molar-refractivity contribution in [3.63, 3.8) is 0 Å². The SMILES string of the molecule is CC1=C(CC=O)C2(C)CCCC(C)(C)C2=CC1. The quantitative estimate of drug-likeness (QED) is 0.508. The normalized spacial score (nSPS) is 31.9. The molecule has 1 nitrogen and oxygen atoms in total. The van der Waals surface area contributed by atoms with E-state index in [1.54, 1.807) is 5.57 Å². The third-order valence-electron chi connectivity index (χ3n) is 4.88. The summed E-state index contributed by atoms with van der Waals surface area (Å²) in [6, 6.07) is 0. The second kappa shape index (κ2) is 4.12. The Morgan fingerprint density at radius 2 is 2.00 bits per heavy atom. The molecule has 0 bridgehead atoms. The predicted octanol–water partition coefficient (Wildman–Crippen LogP) is 4.44. The largest absolute Gasteiger partial charge is 0.303 e. The van der Waals surface area contributed by atoms with E-state index in [1.165, 1.54) is 30.4 Å². The van der Waals surface area contributed by atoms with Gasteiger partial charge in [-0.2, -0.15) is 0 Å². The van der Waals surface area contributed by atoms with E-state index in [0.717, 1.165) is 12.7 Å². The van der Waals surface area contributed by atoms with Gasteiger partial charge in [0.15, 0.2) is 0 Å². The molecule has 0 aromatic rings. The van der Waals surface area contributed by atoms with Crippen LogP contribution in [0.2, 0.25) is 0 Å². The molecule has 0 saturated heterocycles. The van der Waals surface area contributed by atoms with Crippen LogP contribution in [-0.4, -0.2) is 6.29 Å². The molecule has 17 heavy (non-hydrogen) atoms. The summed E-state index contributed by atoms with van der Waals surface area (Å²) in [4.78, 5) is 10.9. The molecule has 0 aliphatic heterocycles. The second-order valence-corrected chi connectivity index (χ2v) is 6.52. The van der Waals surface area contributed by atoms with Crippen LogP contribution in [0.1, 0.15) is 59.8 Å². The average molecular weight is 232 g/mol. The number of allylic oxidation sites excluding steroid dienone is 4. The van der Waals surface area contributed by atoms with Gasteiger partial charge >= 0.3 is 0 Å². The summed E-state index contributed by atoms with van der Waals surface area (Å²) in [6.45, 7) is 9.26. The van der Waals surface area contributed by atoms with Crippen molar-refractivity contribution in [1.82, 2.24) is 0 Å². The van der Waals surface area contributed by atoms with Crippen LogP contribution >= 0.6 is 0 Å². The van der Waals surface area contributed by atoms with Gasteiger partial charge < -0.3 is 4.79 Å². The molecule has 0 aromatic carbocycles. The van der Waals surface area contributed by atoms with E-state index in [0.29, 0.717) is 11.8 Å². The number of hydrogen-bond donors (Lipinski definition) is 0. The van der Waals surface area contributed by atoms with E-state index in [1.807, 2.05) is 0 Å². The lowest BCUT2D eigenvalue weighted by Gasteiger charge is -2.50. The molecular formula is C16H24O. The Morgan fingerprint density at radius 3 is 2.65 bits per heavy atom. The zero-order chi connectivity index (χ0) is 12.7. The van der Waals surface area contributed by atoms with Gasteiger partial charge in [0.05, 0.1) is 0 Å². The molecule has 2 aliphatic carbocycles. The standard InChI is InChI=1S/C16H24O/c1-12-6-7-14-15(2,3)9-5-10-16(14,4)13(12)8-11-17/h7,11H,5-6,8-10H2,1-4H3. The van der Waals surface area contributed by atoms with Crippen LogP contribution in [0.4, 0.5) is 0 Å². The highest BCUT2D eigenvalue weighted by molar-refractivity contribution is 5.58. The third-order valence-corrected chi connectivity index (χ3v) is 4.88. The monoisotopic (exact) mass is 232 g/mol. The minimum absolute atomic E-state index is 0.158. The van der Waals surface area contributed by atoms with Gasteiger partial charge in [0.25, 0.3) is 0 Å². The van der Waals surface area contributed by atoms with Gasteiger partial charge in [-0.3, -0.25) is 0 Å². The van der Waals surface area contributed by atoms with Crippen molar-refractivity contribution in [2.45, 2.75) is 59.8 Å². The number of hydrogen-bond acceptors (Lipinski definition) is 1. The zero-order valence-electron chi connectivity index (χ0n) is 11.6. The summed E-state index contributed by atoms with van der Waals surface area (Å²) in [7, 11) is 0. The predicted molar refractivity (Wildman–Crippen MR) is 71.8 cm³/mol. The van der Waals surface area contributed by atoms with Crippen molar-refractivity contribution in [2.75, 3.05) is 0 Å². The zero-order valence-corrected chi connectivity index (χ0v) is 11.6. The lowest BCUT2D eigenvalue weighted by Crippen LogP contribution is -2.38. The Hall–Kier alpha value is -0.850. The van der Waals surface area contributed by atoms with Crippen molar-refractivity contribution in [3.05, 3.63) is 22.8 Å². The fourth-order valence-corrected chi connectivity index (χ4v) is 4.05. The van der Waals surface area contributed by atoms with Crippen molar-refractivity contribution in [2.24, 2.45) is 10.8 Å². The maximum atomic E-state index is 10.9. The van der Waals surface area contributed by atoms with Gasteiger partial charge in [0.2, 0.25) is 0 Å². The molecule has 0 heterocycles. The number of aldehydes is 1. The van der Waals surface area contributed by atoms with Crippen LogP contribution < -0.4 is 0 Å². The summed E-state index contributed by atoms with van der Waals surface area (Å²) < 4.78 is 0. The molecule has 94 valence electrons. The molecule has 0 N–H and O–H groups in total. The minimum Gasteiger partial charge on any atom is -0.303 e. The molecular weight excluding hydrogens is 208 g/mol. The summed E-state index contributed by atoms with van der Waals surface area (Å²) in [5, 5.41) is 0. The van der Waals surface area contributed by atoms with Crippen LogP contribution in [-0.2, 0) is 4.79 Å². The lowest BCUT2D eigenvalue weighted by atomic mass is 9.55. The topological polar surface area (TPSA) is 17.1 Å². The smallest absolute Gasteiger partial charge is 0.124 e. The van der Waals surface area contributed by atoms with E-state index in [-0.39, 0.29) is 5.41 Å². The van der Waals surface area contributed by atoms with Crippen LogP contribution in [0.5, 0.6) is 0 Å². The third kappa shape index (κ3) is 1.90. The Labute approximate surface area is 105 Å². The van der Waals surface area contributed by atoms with Crippen molar-refractivity contribution in [3.8, 4) is 0 Å². The highest BCUT2D eigenvalue weighted by Gasteiger charge is 2.45. The average Bonchev–Trinajstić information content (AvgIpc) is 2.22. The van der Waals surface area contributed by atoms with E-state index >= 15 is 0 Å². The molecule has 0 radical (unpaired) electrons. The van der Waals surface area contributed by atoms with E-state index in [9.17, 15) is 4.79 Å². The van der Waals surface area contributed by atoms with Gasteiger partial charge in [0.1, 0.15) is 6.29 Å². The van der Waals surface area contributed by atoms with Crippen LogP contribution in [0, 0.1) is 10.8 Å². The fraction of sp³-hybridized carbons (Fsp3) is 0.688. The van der Waals surface area contributed by atoms with Crippen LogP contribution in [0.25, 0.3) is 0 Å². The van der Waals surface area contributed by atoms with Crippen molar-refractivity contribution in [1.29, 1.82) is 0 Å². The number of rotatable bonds is 2. The molecule has 0 aromatic heterocycles. The van der Waals surface area contributed by atoms with E-state index in [4.69, 9.17) is 0 Å². The molecule has 2 aliphatic rings. The Bertz CT molecular complexity index is 398. The first-order valence-corrected chi connectivity index (χ1v) is 6.76. The molecule has 1 heteroatoms. The molecule has 2 rings (SSSR count). The molecule has 1 unspecified atom stereocenters. The van der Waals surface area contributed by atoms with E-state index in [2.05, 4.69) is 33.8 Å². The maximum Gasteiger partial charge on any atom is 0.124 e. The van der Waals surface area contributed by atoms with Gasteiger partial charge in [0, 0.05) is 11.8 Å². The van der Waals surface area contributed by atoms with Crippen LogP contribution in [0.3, 0.4) is 0 Å². The molecule has 1 atom stereocenters. The second-order valence-electron chi connectivity index (χ2n) is 6.52. The first-order valence-electron chi connectivity index (χ1n) is 6.76. The Kier molecular flexibility index (Phi) is 3.05. The van der Waals surface area contributed by atoms with Gasteiger partial charge in [-0.15, -0.1) is 0 Å². The van der Waals surface area contributed by atoms with Gasteiger partial charge in [-0.1, -0.05) is 50.0 Å². The number of carbonyl (C=O) groups is 1. The highest BCUT2D eigenvalue weighted by Crippen LogP contribution is 2.57. The number of carbonyl (C=O) groups excluding carboxylic acids is 1. The van der Waals surface area contributed by atoms with Crippen molar-refractivity contribution < 1.29 is 4.79 Å². The first-order chi connectivity index (χ1) is 7.92. The first kappa shape index (κ1) is 12.6.